The zero-order valence-corrected chi connectivity index (χ0v) is 11.3. The fourth-order valence-corrected chi connectivity index (χ4v) is 3.16. The van der Waals surface area contributed by atoms with Crippen molar-refractivity contribution >= 4 is 0 Å². The van der Waals surface area contributed by atoms with Crippen LogP contribution in [0.5, 0.6) is 0 Å². The number of hydrogen-bond acceptors (Lipinski definition) is 0. The third-order valence-electron chi connectivity index (χ3n) is 4.33. The summed E-state index contributed by atoms with van der Waals surface area (Å²) >= 11 is 0. The van der Waals surface area contributed by atoms with E-state index in [4.69, 9.17) is 0 Å². The van der Waals surface area contributed by atoms with Gasteiger partial charge in [0.2, 0.25) is 0 Å². The maximum absolute atomic E-state index is 14.0. The number of fused-ring (bicyclic) bond motifs is 1. The molecule has 0 heterocycles. The van der Waals surface area contributed by atoms with Crippen molar-refractivity contribution in [2.75, 3.05) is 0 Å². The van der Waals surface area contributed by atoms with E-state index in [2.05, 4.69) is 25.1 Å². The Bertz CT molecular complexity index is 586. The standard InChI is InChI=1S/C18H19F/c1-2-13-10-11-15-14(12-13)6-5-8-16(15)17-7-3-4-9-18(17)19/h3-9,13H,2,10-12H2,1H3. The Morgan fingerprint density at radius 3 is 2.63 bits per heavy atom. The lowest BCUT2D eigenvalue weighted by Gasteiger charge is -2.25. The van der Waals surface area contributed by atoms with Gasteiger partial charge >= 0.3 is 0 Å². The molecule has 19 heavy (non-hydrogen) atoms. The van der Waals surface area contributed by atoms with E-state index in [0.29, 0.717) is 0 Å². The molecule has 2 aromatic carbocycles. The zero-order chi connectivity index (χ0) is 13.2. The molecule has 2 aromatic rings. The molecule has 0 aromatic heterocycles. The Labute approximate surface area is 114 Å². The van der Waals surface area contributed by atoms with E-state index < -0.39 is 0 Å². The molecule has 1 atom stereocenters. The largest absolute Gasteiger partial charge is 0.206 e. The van der Waals surface area contributed by atoms with Crippen molar-refractivity contribution < 1.29 is 4.39 Å². The van der Waals surface area contributed by atoms with Gasteiger partial charge < -0.3 is 0 Å². The maximum Gasteiger partial charge on any atom is 0.131 e. The lowest BCUT2D eigenvalue weighted by Crippen LogP contribution is -2.14. The second kappa shape index (κ2) is 5.16. The highest BCUT2D eigenvalue weighted by molar-refractivity contribution is 5.69. The summed E-state index contributed by atoms with van der Waals surface area (Å²) in [6.07, 6.45) is 4.70. The summed E-state index contributed by atoms with van der Waals surface area (Å²) < 4.78 is 14.0. The van der Waals surface area contributed by atoms with Gasteiger partial charge in [-0.15, -0.1) is 0 Å². The predicted molar refractivity (Wildman–Crippen MR) is 77.6 cm³/mol. The quantitative estimate of drug-likeness (QED) is 0.707. The van der Waals surface area contributed by atoms with Crippen molar-refractivity contribution in [1.29, 1.82) is 0 Å². The van der Waals surface area contributed by atoms with Crippen LogP contribution in [-0.4, -0.2) is 0 Å². The monoisotopic (exact) mass is 254 g/mol. The highest BCUT2D eigenvalue weighted by Gasteiger charge is 2.20. The lowest BCUT2D eigenvalue weighted by molar-refractivity contribution is 0.445. The Kier molecular flexibility index (Phi) is 3.37. The van der Waals surface area contributed by atoms with Crippen molar-refractivity contribution in [3.63, 3.8) is 0 Å². The lowest BCUT2D eigenvalue weighted by atomic mass is 9.79. The van der Waals surface area contributed by atoms with Gasteiger partial charge in [-0.25, -0.2) is 4.39 Å². The van der Waals surface area contributed by atoms with Crippen LogP contribution in [0.2, 0.25) is 0 Å². The fraction of sp³-hybridized carbons (Fsp3) is 0.333. The molecule has 0 spiro atoms. The van der Waals surface area contributed by atoms with E-state index >= 15 is 0 Å². The molecule has 0 fully saturated rings. The molecule has 0 saturated carbocycles. The van der Waals surface area contributed by atoms with Crippen LogP contribution in [0.3, 0.4) is 0 Å². The van der Waals surface area contributed by atoms with Crippen LogP contribution in [0.4, 0.5) is 4.39 Å². The Morgan fingerprint density at radius 1 is 1.05 bits per heavy atom. The minimum Gasteiger partial charge on any atom is -0.206 e. The first-order chi connectivity index (χ1) is 9.29. The molecular weight excluding hydrogens is 235 g/mol. The van der Waals surface area contributed by atoms with Gasteiger partial charge in [-0.1, -0.05) is 49.7 Å². The highest BCUT2D eigenvalue weighted by Crippen LogP contribution is 2.35. The summed E-state index contributed by atoms with van der Waals surface area (Å²) in [6.45, 7) is 2.26. The van der Waals surface area contributed by atoms with Gasteiger partial charge in [0.25, 0.3) is 0 Å². The SMILES string of the molecule is CCC1CCc2c(cccc2-c2ccccc2F)C1. The minimum absolute atomic E-state index is 0.117. The van der Waals surface area contributed by atoms with Gasteiger partial charge in [0.15, 0.2) is 0 Å². The molecule has 1 aliphatic rings. The van der Waals surface area contributed by atoms with Crippen LogP contribution < -0.4 is 0 Å². The van der Waals surface area contributed by atoms with Gasteiger partial charge in [0.05, 0.1) is 0 Å². The number of rotatable bonds is 2. The summed E-state index contributed by atoms with van der Waals surface area (Å²) in [4.78, 5) is 0. The van der Waals surface area contributed by atoms with Crippen molar-refractivity contribution in [1.82, 2.24) is 0 Å². The van der Waals surface area contributed by atoms with Crippen LogP contribution in [0.1, 0.15) is 30.9 Å². The van der Waals surface area contributed by atoms with Crippen LogP contribution in [-0.2, 0) is 12.8 Å². The summed E-state index contributed by atoms with van der Waals surface area (Å²) in [5, 5.41) is 0. The number of benzene rings is 2. The molecule has 0 N–H and O–H groups in total. The van der Waals surface area contributed by atoms with Gasteiger partial charge in [-0.3, -0.25) is 0 Å². The molecule has 0 saturated heterocycles. The molecule has 1 aliphatic carbocycles. The van der Waals surface area contributed by atoms with Crippen molar-refractivity contribution in [2.45, 2.75) is 32.6 Å². The van der Waals surface area contributed by atoms with E-state index in [1.54, 1.807) is 12.1 Å². The molecule has 3 rings (SSSR count). The second-order valence-corrected chi connectivity index (χ2v) is 5.44. The van der Waals surface area contributed by atoms with E-state index in [1.807, 2.05) is 12.1 Å². The highest BCUT2D eigenvalue weighted by atomic mass is 19.1. The van der Waals surface area contributed by atoms with Gasteiger partial charge in [-0.2, -0.15) is 0 Å². The predicted octanol–water partition coefficient (Wildman–Crippen LogP) is 5.01. The number of hydrogen-bond donors (Lipinski definition) is 0. The number of halogens is 1. The average molecular weight is 254 g/mol. The van der Waals surface area contributed by atoms with Crippen LogP contribution in [0.15, 0.2) is 42.5 Å². The van der Waals surface area contributed by atoms with Gasteiger partial charge in [-0.05, 0) is 47.9 Å². The van der Waals surface area contributed by atoms with E-state index in [-0.39, 0.29) is 5.82 Å². The summed E-state index contributed by atoms with van der Waals surface area (Å²) in [5.41, 5.74) is 4.61. The van der Waals surface area contributed by atoms with Crippen molar-refractivity contribution in [2.24, 2.45) is 5.92 Å². The van der Waals surface area contributed by atoms with E-state index in [1.165, 1.54) is 24.0 Å². The van der Waals surface area contributed by atoms with Crippen molar-refractivity contribution in [3.05, 3.63) is 59.4 Å². The summed E-state index contributed by atoms with van der Waals surface area (Å²) in [5.74, 6) is 0.678. The Morgan fingerprint density at radius 2 is 1.84 bits per heavy atom. The second-order valence-electron chi connectivity index (χ2n) is 5.44. The molecular formula is C18H19F. The topological polar surface area (TPSA) is 0 Å². The average Bonchev–Trinajstić information content (AvgIpc) is 2.46. The molecule has 1 heteroatoms. The zero-order valence-electron chi connectivity index (χ0n) is 11.3. The molecule has 1 unspecified atom stereocenters. The Hall–Kier alpha value is -1.63. The van der Waals surface area contributed by atoms with Gasteiger partial charge in [0.1, 0.15) is 5.82 Å². The van der Waals surface area contributed by atoms with Gasteiger partial charge in [0, 0.05) is 5.56 Å². The Balaban J connectivity index is 2.08. The molecule has 0 amide bonds. The minimum atomic E-state index is -0.117. The van der Waals surface area contributed by atoms with E-state index in [0.717, 1.165) is 29.9 Å². The molecule has 0 aliphatic heterocycles. The van der Waals surface area contributed by atoms with Crippen LogP contribution in [0, 0.1) is 11.7 Å². The molecule has 0 nitrogen and oxygen atoms in total. The van der Waals surface area contributed by atoms with Crippen LogP contribution >= 0.6 is 0 Å². The van der Waals surface area contributed by atoms with Crippen LogP contribution in [0.25, 0.3) is 11.1 Å². The maximum atomic E-state index is 14.0. The molecule has 0 bridgehead atoms. The first kappa shape index (κ1) is 12.4. The smallest absolute Gasteiger partial charge is 0.131 e. The first-order valence-electron chi connectivity index (χ1n) is 7.15. The molecule has 0 radical (unpaired) electrons. The summed E-state index contributed by atoms with van der Waals surface area (Å²) in [7, 11) is 0. The third-order valence-corrected chi connectivity index (χ3v) is 4.33. The first-order valence-corrected chi connectivity index (χ1v) is 7.15. The van der Waals surface area contributed by atoms with Crippen molar-refractivity contribution in [3.8, 4) is 11.1 Å². The summed E-state index contributed by atoms with van der Waals surface area (Å²) in [6, 6.07) is 13.4. The normalized spacial score (nSPS) is 18.1. The van der Waals surface area contributed by atoms with E-state index in [9.17, 15) is 4.39 Å². The fourth-order valence-electron chi connectivity index (χ4n) is 3.16. The molecule has 98 valence electrons. The third kappa shape index (κ3) is 2.30.